The minimum atomic E-state index is -0.314. The molecule has 0 aliphatic rings. The van der Waals surface area contributed by atoms with Crippen LogP contribution in [0.2, 0.25) is 0 Å². The van der Waals surface area contributed by atoms with Crippen LogP contribution < -0.4 is 5.56 Å². The van der Waals surface area contributed by atoms with Gasteiger partial charge in [0.1, 0.15) is 11.3 Å². The maximum absolute atomic E-state index is 12.5. The van der Waals surface area contributed by atoms with Gasteiger partial charge < -0.3 is 9.67 Å². The van der Waals surface area contributed by atoms with Crippen LogP contribution in [0.3, 0.4) is 0 Å². The van der Waals surface area contributed by atoms with E-state index < -0.39 is 0 Å². The molecule has 2 aromatic heterocycles. The predicted octanol–water partition coefficient (Wildman–Crippen LogP) is 1.66. The molecule has 22 heavy (non-hydrogen) atoms. The summed E-state index contributed by atoms with van der Waals surface area (Å²) in [5.41, 5.74) is 0.474. The van der Waals surface area contributed by atoms with E-state index in [1.807, 2.05) is 13.0 Å². The lowest BCUT2D eigenvalue weighted by Crippen LogP contribution is -2.23. The molecular weight excluding hydrogens is 282 g/mol. The average molecular weight is 295 g/mol. The molecule has 0 aliphatic carbocycles. The van der Waals surface area contributed by atoms with Crippen LogP contribution in [0.1, 0.15) is 12.5 Å². The van der Waals surface area contributed by atoms with E-state index in [-0.39, 0.29) is 22.8 Å². The van der Waals surface area contributed by atoms with Crippen LogP contribution in [0.15, 0.2) is 46.4 Å². The number of aliphatic imine (C=N–C) groups is 1. The van der Waals surface area contributed by atoms with Crippen molar-refractivity contribution in [1.29, 1.82) is 0 Å². The van der Waals surface area contributed by atoms with Gasteiger partial charge in [-0.05, 0) is 19.1 Å². The van der Waals surface area contributed by atoms with Crippen molar-refractivity contribution in [2.24, 2.45) is 4.99 Å². The smallest absolute Gasteiger partial charge is 0.268 e. The number of pyridine rings is 1. The van der Waals surface area contributed by atoms with Crippen molar-refractivity contribution >= 4 is 23.1 Å². The second kappa shape index (κ2) is 5.72. The standard InChI is InChI=1S/C15H13N5O2/c1-2-20-12-6-4-3-5-10(12)13(21)11(14(20)22)9-17-15-16-7-8-18-19-15/h3-9,21H,2H2,1H3. The number of aromatic hydroxyl groups is 1. The number of para-hydroxylation sites is 1. The van der Waals surface area contributed by atoms with Gasteiger partial charge in [-0.3, -0.25) is 4.79 Å². The Morgan fingerprint density at radius 3 is 2.86 bits per heavy atom. The first-order valence-corrected chi connectivity index (χ1v) is 6.74. The third kappa shape index (κ3) is 2.32. The summed E-state index contributed by atoms with van der Waals surface area (Å²) in [6, 6.07) is 7.18. The minimum Gasteiger partial charge on any atom is -0.506 e. The molecule has 0 saturated heterocycles. The molecule has 0 spiro atoms. The van der Waals surface area contributed by atoms with Gasteiger partial charge in [-0.2, -0.15) is 5.10 Å². The van der Waals surface area contributed by atoms with Gasteiger partial charge in [0.2, 0.25) is 0 Å². The third-order valence-electron chi connectivity index (χ3n) is 3.28. The van der Waals surface area contributed by atoms with E-state index in [0.717, 1.165) is 0 Å². The van der Waals surface area contributed by atoms with Crippen LogP contribution in [0.5, 0.6) is 5.75 Å². The lowest BCUT2D eigenvalue weighted by Gasteiger charge is -2.11. The third-order valence-corrected chi connectivity index (χ3v) is 3.28. The molecule has 3 rings (SSSR count). The van der Waals surface area contributed by atoms with E-state index in [9.17, 15) is 9.90 Å². The summed E-state index contributed by atoms with van der Waals surface area (Å²) < 4.78 is 1.58. The summed E-state index contributed by atoms with van der Waals surface area (Å²) >= 11 is 0. The van der Waals surface area contributed by atoms with Gasteiger partial charge in [-0.1, -0.05) is 12.1 Å². The zero-order valence-electron chi connectivity index (χ0n) is 11.8. The fourth-order valence-electron chi connectivity index (χ4n) is 2.26. The van der Waals surface area contributed by atoms with Crippen molar-refractivity contribution < 1.29 is 5.11 Å². The highest BCUT2D eigenvalue weighted by molar-refractivity contribution is 5.95. The van der Waals surface area contributed by atoms with Crippen molar-refractivity contribution in [2.75, 3.05) is 0 Å². The molecule has 3 aromatic rings. The Morgan fingerprint density at radius 1 is 1.32 bits per heavy atom. The van der Waals surface area contributed by atoms with E-state index in [4.69, 9.17) is 0 Å². The highest BCUT2D eigenvalue weighted by Gasteiger charge is 2.13. The summed E-state index contributed by atoms with van der Waals surface area (Å²) in [5, 5.41) is 18.3. The molecule has 7 heteroatoms. The van der Waals surface area contributed by atoms with Crippen LogP contribution in [-0.4, -0.2) is 31.1 Å². The number of nitrogens with zero attached hydrogens (tertiary/aromatic N) is 5. The number of aromatic nitrogens is 4. The number of benzene rings is 1. The number of rotatable bonds is 3. The van der Waals surface area contributed by atoms with Crippen molar-refractivity contribution in [3.8, 4) is 5.75 Å². The molecule has 0 radical (unpaired) electrons. The van der Waals surface area contributed by atoms with Gasteiger partial charge in [-0.15, -0.1) is 5.10 Å². The van der Waals surface area contributed by atoms with Gasteiger partial charge in [0.15, 0.2) is 0 Å². The number of aryl methyl sites for hydroxylation is 1. The molecule has 0 atom stereocenters. The van der Waals surface area contributed by atoms with Gasteiger partial charge in [-0.25, -0.2) is 9.98 Å². The molecule has 0 amide bonds. The van der Waals surface area contributed by atoms with Crippen LogP contribution >= 0.6 is 0 Å². The topological polar surface area (TPSA) is 93.3 Å². The normalized spacial score (nSPS) is 11.3. The summed E-state index contributed by atoms with van der Waals surface area (Å²) in [6.45, 7) is 2.36. The minimum absolute atomic E-state index is 0.0991. The van der Waals surface area contributed by atoms with Crippen molar-refractivity contribution in [3.63, 3.8) is 0 Å². The lowest BCUT2D eigenvalue weighted by atomic mass is 10.1. The van der Waals surface area contributed by atoms with Crippen LogP contribution in [0, 0.1) is 0 Å². The first-order valence-electron chi connectivity index (χ1n) is 6.74. The van der Waals surface area contributed by atoms with Gasteiger partial charge >= 0.3 is 0 Å². The molecular formula is C15H13N5O2. The van der Waals surface area contributed by atoms with Gasteiger partial charge in [0.25, 0.3) is 11.5 Å². The Bertz CT molecular complexity index is 903. The van der Waals surface area contributed by atoms with Gasteiger partial charge in [0.05, 0.1) is 17.9 Å². The molecule has 110 valence electrons. The molecule has 1 aromatic carbocycles. The van der Waals surface area contributed by atoms with Crippen LogP contribution in [-0.2, 0) is 6.54 Å². The number of fused-ring (bicyclic) bond motifs is 1. The molecule has 0 fully saturated rings. The lowest BCUT2D eigenvalue weighted by molar-refractivity contribution is 0.478. The van der Waals surface area contributed by atoms with Crippen molar-refractivity contribution in [1.82, 2.24) is 19.7 Å². The van der Waals surface area contributed by atoms with Crippen LogP contribution in [0.4, 0.5) is 5.95 Å². The van der Waals surface area contributed by atoms with Crippen LogP contribution in [0.25, 0.3) is 10.9 Å². The highest BCUT2D eigenvalue weighted by Crippen LogP contribution is 2.25. The van der Waals surface area contributed by atoms with E-state index in [1.165, 1.54) is 18.6 Å². The second-order valence-electron chi connectivity index (χ2n) is 4.53. The second-order valence-corrected chi connectivity index (χ2v) is 4.53. The van der Waals surface area contributed by atoms with Crippen molar-refractivity contribution in [2.45, 2.75) is 13.5 Å². The van der Waals surface area contributed by atoms with Crippen molar-refractivity contribution in [3.05, 3.63) is 52.6 Å². The highest BCUT2D eigenvalue weighted by atomic mass is 16.3. The maximum Gasteiger partial charge on any atom is 0.268 e. The molecule has 7 nitrogen and oxygen atoms in total. The Morgan fingerprint density at radius 2 is 2.14 bits per heavy atom. The van der Waals surface area contributed by atoms with E-state index in [1.54, 1.807) is 22.8 Å². The van der Waals surface area contributed by atoms with E-state index >= 15 is 0 Å². The maximum atomic E-state index is 12.5. The molecule has 2 heterocycles. The Labute approximate surface area is 125 Å². The summed E-state index contributed by atoms with van der Waals surface area (Å²) in [4.78, 5) is 20.4. The molecule has 1 N–H and O–H groups in total. The largest absolute Gasteiger partial charge is 0.506 e. The molecule has 0 aliphatic heterocycles. The summed E-state index contributed by atoms with van der Waals surface area (Å²) in [5.74, 6) is 0.0236. The Kier molecular flexibility index (Phi) is 3.61. The SMILES string of the molecule is CCn1c(=O)c(C=Nc2nccnn2)c(O)c2ccccc21. The van der Waals surface area contributed by atoms with Gasteiger partial charge in [0, 0.05) is 18.1 Å². The Hall–Kier alpha value is -3.09. The Balaban J connectivity index is 2.22. The number of hydrogen-bond acceptors (Lipinski definition) is 6. The molecule has 0 unspecified atom stereocenters. The quantitative estimate of drug-likeness (QED) is 0.742. The predicted molar refractivity (Wildman–Crippen MR) is 82.6 cm³/mol. The average Bonchev–Trinajstić information content (AvgIpc) is 2.56. The fraction of sp³-hybridized carbons (Fsp3) is 0.133. The fourth-order valence-corrected chi connectivity index (χ4v) is 2.26. The zero-order valence-corrected chi connectivity index (χ0v) is 11.8. The monoisotopic (exact) mass is 295 g/mol. The first-order chi connectivity index (χ1) is 10.7. The summed E-state index contributed by atoms with van der Waals surface area (Å²) in [7, 11) is 0. The summed E-state index contributed by atoms with van der Waals surface area (Å²) in [6.07, 6.45) is 4.15. The molecule has 0 bridgehead atoms. The molecule has 0 saturated carbocycles. The van der Waals surface area contributed by atoms with E-state index in [2.05, 4.69) is 20.2 Å². The van der Waals surface area contributed by atoms with E-state index in [0.29, 0.717) is 17.4 Å². The number of hydrogen-bond donors (Lipinski definition) is 1. The zero-order chi connectivity index (χ0) is 15.5. The first kappa shape index (κ1) is 13.9.